The SMILES string of the molecule is O=c1c2ccc(Cl)c(F)c2n(CCO)c(=O)n1Cc1ccc(Cl)cc1. The summed E-state index contributed by atoms with van der Waals surface area (Å²) in [5.74, 6) is -0.861. The molecule has 0 atom stereocenters. The molecule has 0 bridgehead atoms. The Labute approximate surface area is 151 Å². The molecule has 1 aromatic heterocycles. The van der Waals surface area contributed by atoms with E-state index in [1.54, 1.807) is 24.3 Å². The standard InChI is InChI=1S/C17H13Cl2FN2O3/c18-11-3-1-10(2-4-11)9-22-16(24)12-5-6-13(19)14(20)15(12)21(7-8-23)17(22)25/h1-6,23H,7-9H2. The minimum absolute atomic E-state index is 0.000446. The third-order valence-electron chi connectivity index (χ3n) is 3.85. The van der Waals surface area contributed by atoms with E-state index in [4.69, 9.17) is 23.2 Å². The highest BCUT2D eigenvalue weighted by Crippen LogP contribution is 2.22. The number of aliphatic hydroxyl groups excluding tert-OH is 1. The van der Waals surface area contributed by atoms with Crippen LogP contribution < -0.4 is 11.2 Å². The van der Waals surface area contributed by atoms with Crippen molar-refractivity contribution in [3.05, 3.63) is 78.7 Å². The Bertz CT molecular complexity index is 1060. The molecular weight excluding hydrogens is 370 g/mol. The van der Waals surface area contributed by atoms with Gasteiger partial charge in [-0.15, -0.1) is 0 Å². The first kappa shape index (κ1) is 17.7. The van der Waals surface area contributed by atoms with Crippen LogP contribution in [-0.2, 0) is 13.1 Å². The lowest BCUT2D eigenvalue weighted by molar-refractivity contribution is 0.274. The second-order valence-electron chi connectivity index (χ2n) is 5.43. The highest BCUT2D eigenvalue weighted by Gasteiger charge is 2.18. The molecule has 1 N–H and O–H groups in total. The van der Waals surface area contributed by atoms with E-state index < -0.39 is 17.1 Å². The van der Waals surface area contributed by atoms with E-state index in [2.05, 4.69) is 0 Å². The third kappa shape index (κ3) is 3.20. The normalized spacial score (nSPS) is 11.2. The average Bonchev–Trinajstić information content (AvgIpc) is 2.60. The van der Waals surface area contributed by atoms with Crippen molar-refractivity contribution >= 4 is 34.1 Å². The molecule has 2 aromatic carbocycles. The van der Waals surface area contributed by atoms with Gasteiger partial charge in [0.05, 0.1) is 35.6 Å². The summed E-state index contributed by atoms with van der Waals surface area (Å²) in [6.45, 7) is -0.548. The molecule has 1 heterocycles. The summed E-state index contributed by atoms with van der Waals surface area (Å²) >= 11 is 11.6. The van der Waals surface area contributed by atoms with Crippen LogP contribution in [0.5, 0.6) is 0 Å². The Hall–Kier alpha value is -2.15. The summed E-state index contributed by atoms with van der Waals surface area (Å²) < 4.78 is 16.4. The van der Waals surface area contributed by atoms with Gasteiger partial charge in [0.25, 0.3) is 5.56 Å². The van der Waals surface area contributed by atoms with Crippen LogP contribution in [0.3, 0.4) is 0 Å². The van der Waals surface area contributed by atoms with Crippen LogP contribution in [0.25, 0.3) is 10.9 Å². The van der Waals surface area contributed by atoms with Gasteiger partial charge in [-0.1, -0.05) is 35.3 Å². The smallest absolute Gasteiger partial charge is 0.331 e. The molecule has 0 saturated carbocycles. The zero-order valence-corrected chi connectivity index (χ0v) is 14.4. The van der Waals surface area contributed by atoms with E-state index in [-0.39, 0.29) is 35.6 Å². The van der Waals surface area contributed by atoms with Gasteiger partial charge in [-0.25, -0.2) is 9.18 Å². The van der Waals surface area contributed by atoms with Crippen LogP contribution in [0.1, 0.15) is 5.56 Å². The summed E-state index contributed by atoms with van der Waals surface area (Å²) in [5.41, 5.74) is -0.862. The summed E-state index contributed by atoms with van der Waals surface area (Å²) in [7, 11) is 0. The van der Waals surface area contributed by atoms with Crippen LogP contribution >= 0.6 is 23.2 Å². The lowest BCUT2D eigenvalue weighted by Gasteiger charge is -2.14. The van der Waals surface area contributed by atoms with E-state index in [9.17, 15) is 19.1 Å². The molecule has 0 amide bonds. The quantitative estimate of drug-likeness (QED) is 0.754. The molecule has 0 radical (unpaired) electrons. The van der Waals surface area contributed by atoms with E-state index in [1.807, 2.05) is 0 Å². The van der Waals surface area contributed by atoms with E-state index in [0.717, 1.165) is 9.13 Å². The molecule has 130 valence electrons. The fraction of sp³-hybridized carbons (Fsp3) is 0.176. The first-order valence-corrected chi connectivity index (χ1v) is 8.16. The largest absolute Gasteiger partial charge is 0.395 e. The van der Waals surface area contributed by atoms with Crippen LogP contribution in [0.2, 0.25) is 10.0 Å². The van der Waals surface area contributed by atoms with Gasteiger partial charge in [0.15, 0.2) is 5.82 Å². The lowest BCUT2D eigenvalue weighted by Crippen LogP contribution is -2.41. The maximum Gasteiger partial charge on any atom is 0.331 e. The van der Waals surface area contributed by atoms with Gasteiger partial charge >= 0.3 is 5.69 Å². The Morgan fingerprint density at radius 3 is 2.32 bits per heavy atom. The van der Waals surface area contributed by atoms with Crippen molar-refractivity contribution in [3.63, 3.8) is 0 Å². The number of aliphatic hydroxyl groups is 1. The number of nitrogens with zero attached hydrogens (tertiary/aromatic N) is 2. The fourth-order valence-electron chi connectivity index (χ4n) is 2.67. The second kappa shape index (κ2) is 7.00. The molecule has 0 fully saturated rings. The van der Waals surface area contributed by atoms with Gasteiger partial charge in [0.2, 0.25) is 0 Å². The zero-order chi connectivity index (χ0) is 18.1. The van der Waals surface area contributed by atoms with Gasteiger partial charge in [-0.2, -0.15) is 0 Å². The number of benzene rings is 2. The number of halogens is 3. The van der Waals surface area contributed by atoms with E-state index in [1.165, 1.54) is 12.1 Å². The highest BCUT2D eigenvalue weighted by molar-refractivity contribution is 6.31. The minimum Gasteiger partial charge on any atom is -0.395 e. The topological polar surface area (TPSA) is 64.2 Å². The van der Waals surface area contributed by atoms with Crippen LogP contribution in [0.15, 0.2) is 46.0 Å². The van der Waals surface area contributed by atoms with Crippen LogP contribution in [0, 0.1) is 5.82 Å². The van der Waals surface area contributed by atoms with Gasteiger partial charge in [-0.3, -0.25) is 13.9 Å². The molecule has 5 nitrogen and oxygen atoms in total. The molecular formula is C17H13Cl2FN2O3. The number of fused-ring (bicyclic) bond motifs is 1. The average molecular weight is 383 g/mol. The molecule has 0 aliphatic carbocycles. The van der Waals surface area contributed by atoms with Crippen molar-refractivity contribution < 1.29 is 9.50 Å². The Morgan fingerprint density at radius 1 is 1.00 bits per heavy atom. The molecule has 0 aliphatic heterocycles. The lowest BCUT2D eigenvalue weighted by atomic mass is 10.2. The number of hydrogen-bond acceptors (Lipinski definition) is 3. The number of hydrogen-bond donors (Lipinski definition) is 1. The van der Waals surface area contributed by atoms with Crippen LogP contribution in [-0.4, -0.2) is 20.8 Å². The summed E-state index contributed by atoms with van der Waals surface area (Å²) in [6.07, 6.45) is 0. The maximum absolute atomic E-state index is 14.4. The maximum atomic E-state index is 14.4. The molecule has 8 heteroatoms. The monoisotopic (exact) mass is 382 g/mol. The Kier molecular flexibility index (Phi) is 4.94. The van der Waals surface area contributed by atoms with Crippen LogP contribution in [0.4, 0.5) is 4.39 Å². The number of rotatable bonds is 4. The molecule has 0 spiro atoms. The number of aromatic nitrogens is 2. The molecule has 0 aliphatic rings. The van der Waals surface area contributed by atoms with Gasteiger partial charge < -0.3 is 5.11 Å². The molecule has 3 rings (SSSR count). The van der Waals surface area contributed by atoms with Crippen molar-refractivity contribution in [1.82, 2.24) is 9.13 Å². The zero-order valence-electron chi connectivity index (χ0n) is 12.9. The summed E-state index contributed by atoms with van der Waals surface area (Å²) in [6, 6.07) is 9.31. The minimum atomic E-state index is -0.861. The van der Waals surface area contributed by atoms with Crippen molar-refractivity contribution in [2.24, 2.45) is 0 Å². The highest BCUT2D eigenvalue weighted by atomic mass is 35.5. The molecule has 0 unspecified atom stereocenters. The molecule has 3 aromatic rings. The van der Waals surface area contributed by atoms with Gasteiger partial charge in [0.1, 0.15) is 0 Å². The third-order valence-corrected chi connectivity index (χ3v) is 4.40. The first-order valence-electron chi connectivity index (χ1n) is 7.40. The van der Waals surface area contributed by atoms with Gasteiger partial charge in [-0.05, 0) is 29.8 Å². The first-order chi connectivity index (χ1) is 11.9. The Morgan fingerprint density at radius 2 is 1.68 bits per heavy atom. The Balaban J connectivity index is 2.29. The van der Waals surface area contributed by atoms with Crippen molar-refractivity contribution in [2.45, 2.75) is 13.1 Å². The van der Waals surface area contributed by atoms with Crippen molar-refractivity contribution in [1.29, 1.82) is 0 Å². The summed E-state index contributed by atoms with van der Waals surface area (Å²) in [4.78, 5) is 25.4. The van der Waals surface area contributed by atoms with Gasteiger partial charge in [0, 0.05) is 5.02 Å². The van der Waals surface area contributed by atoms with E-state index in [0.29, 0.717) is 10.6 Å². The predicted molar refractivity (Wildman–Crippen MR) is 95.1 cm³/mol. The van der Waals surface area contributed by atoms with E-state index >= 15 is 0 Å². The second-order valence-corrected chi connectivity index (χ2v) is 6.28. The molecule has 25 heavy (non-hydrogen) atoms. The van der Waals surface area contributed by atoms with Crippen molar-refractivity contribution in [2.75, 3.05) is 6.61 Å². The predicted octanol–water partition coefficient (Wildman–Crippen LogP) is 2.65. The summed E-state index contributed by atoms with van der Waals surface area (Å²) in [5, 5.41) is 9.58. The van der Waals surface area contributed by atoms with Crippen molar-refractivity contribution in [3.8, 4) is 0 Å². The molecule has 0 saturated heterocycles. The fourth-order valence-corrected chi connectivity index (χ4v) is 2.95.